The van der Waals surface area contributed by atoms with Gasteiger partial charge in [0.25, 0.3) is 0 Å². The van der Waals surface area contributed by atoms with Crippen LogP contribution in [0, 0.1) is 6.92 Å². The highest BCUT2D eigenvalue weighted by Crippen LogP contribution is 2.34. The normalized spacial score (nSPS) is 11.4. The Kier molecular flexibility index (Phi) is 2.93. The Morgan fingerprint density at radius 2 is 1.95 bits per heavy atom. The molecule has 0 saturated heterocycles. The summed E-state index contributed by atoms with van der Waals surface area (Å²) in [6.45, 7) is 4.12. The molecule has 0 aliphatic carbocycles. The lowest BCUT2D eigenvalue weighted by atomic mass is 10.0. The first kappa shape index (κ1) is 13.0. The number of aryl methyl sites for hydroxylation is 2. The highest BCUT2D eigenvalue weighted by molar-refractivity contribution is 6.08. The molecule has 108 valence electrons. The third-order valence-corrected chi connectivity index (χ3v) is 4.01. The summed E-state index contributed by atoms with van der Waals surface area (Å²) in [5.41, 5.74) is 5.74. The van der Waals surface area contributed by atoms with Crippen LogP contribution in [-0.2, 0) is 6.42 Å². The molecule has 4 aromatic rings. The fourth-order valence-corrected chi connectivity index (χ4v) is 2.81. The molecule has 0 atom stereocenters. The van der Waals surface area contributed by atoms with E-state index in [4.69, 9.17) is 4.42 Å². The molecule has 1 aromatic carbocycles. The molecule has 0 bridgehead atoms. The van der Waals surface area contributed by atoms with Crippen LogP contribution < -0.4 is 0 Å². The molecule has 4 rings (SSSR count). The van der Waals surface area contributed by atoms with Crippen LogP contribution in [-0.4, -0.2) is 9.97 Å². The van der Waals surface area contributed by atoms with Gasteiger partial charge in [-0.05, 0) is 49.2 Å². The number of benzene rings is 1. The molecule has 22 heavy (non-hydrogen) atoms. The summed E-state index contributed by atoms with van der Waals surface area (Å²) < 4.78 is 6.04. The largest absolute Gasteiger partial charge is 0.437 e. The Hall–Kier alpha value is -2.68. The minimum Gasteiger partial charge on any atom is -0.437 e. The first-order valence-corrected chi connectivity index (χ1v) is 7.50. The van der Waals surface area contributed by atoms with E-state index in [-0.39, 0.29) is 0 Å². The Morgan fingerprint density at radius 1 is 1.05 bits per heavy atom. The van der Waals surface area contributed by atoms with Crippen molar-refractivity contribution in [2.45, 2.75) is 20.3 Å². The predicted octanol–water partition coefficient (Wildman–Crippen LogP) is 4.91. The van der Waals surface area contributed by atoms with Crippen LogP contribution in [0.4, 0.5) is 0 Å². The van der Waals surface area contributed by atoms with E-state index in [1.807, 2.05) is 31.3 Å². The molecule has 3 nitrogen and oxygen atoms in total. The summed E-state index contributed by atoms with van der Waals surface area (Å²) in [4.78, 5) is 9.01. The summed E-state index contributed by atoms with van der Waals surface area (Å²) in [6.07, 6.45) is 2.85. The van der Waals surface area contributed by atoms with E-state index in [0.717, 1.165) is 39.7 Å². The number of nitrogens with zero attached hydrogens (tertiary/aromatic N) is 2. The maximum absolute atomic E-state index is 6.04. The molecule has 0 N–H and O–H groups in total. The average Bonchev–Trinajstić information content (AvgIpc) is 2.92. The lowest BCUT2D eigenvalue weighted by Crippen LogP contribution is -1.87. The smallest absolute Gasteiger partial charge is 0.227 e. The molecular weight excluding hydrogens is 272 g/mol. The van der Waals surface area contributed by atoms with Gasteiger partial charge in [0.05, 0.1) is 5.69 Å². The van der Waals surface area contributed by atoms with Gasteiger partial charge in [-0.25, -0.2) is 4.98 Å². The Bertz CT molecular complexity index is 985. The molecule has 0 aliphatic heterocycles. The van der Waals surface area contributed by atoms with Crippen molar-refractivity contribution >= 4 is 22.1 Å². The quantitative estimate of drug-likeness (QED) is 0.526. The van der Waals surface area contributed by atoms with Crippen molar-refractivity contribution in [2.75, 3.05) is 0 Å². The van der Waals surface area contributed by atoms with Crippen LogP contribution in [0.2, 0.25) is 0 Å². The zero-order chi connectivity index (χ0) is 15.1. The van der Waals surface area contributed by atoms with Gasteiger partial charge in [0.2, 0.25) is 5.71 Å². The number of para-hydroxylation sites is 1. The van der Waals surface area contributed by atoms with Gasteiger partial charge in [0, 0.05) is 28.2 Å². The van der Waals surface area contributed by atoms with Crippen LogP contribution in [0.1, 0.15) is 18.2 Å². The van der Waals surface area contributed by atoms with E-state index in [9.17, 15) is 0 Å². The number of hydrogen-bond acceptors (Lipinski definition) is 3. The highest BCUT2D eigenvalue weighted by atomic mass is 16.3. The molecule has 3 heteroatoms. The van der Waals surface area contributed by atoms with Crippen LogP contribution >= 0.6 is 0 Å². The molecule has 0 amide bonds. The Balaban J connectivity index is 2.03. The van der Waals surface area contributed by atoms with Crippen molar-refractivity contribution in [1.29, 1.82) is 0 Å². The number of aromatic nitrogens is 2. The molecular formula is C19H16N2O. The zero-order valence-corrected chi connectivity index (χ0v) is 12.6. The van der Waals surface area contributed by atoms with Crippen molar-refractivity contribution in [3.8, 4) is 11.3 Å². The van der Waals surface area contributed by atoms with Crippen molar-refractivity contribution in [3.05, 3.63) is 59.9 Å². The molecule has 0 unspecified atom stereocenters. The summed E-state index contributed by atoms with van der Waals surface area (Å²) >= 11 is 0. The second kappa shape index (κ2) is 4.95. The second-order valence-corrected chi connectivity index (χ2v) is 5.49. The van der Waals surface area contributed by atoms with Crippen molar-refractivity contribution in [3.63, 3.8) is 0 Å². The summed E-state index contributed by atoms with van der Waals surface area (Å²) in [6, 6.07) is 14.4. The van der Waals surface area contributed by atoms with Gasteiger partial charge >= 0.3 is 0 Å². The van der Waals surface area contributed by atoms with Crippen LogP contribution in [0.5, 0.6) is 0 Å². The fraction of sp³-hybridized carbons (Fsp3) is 0.158. The van der Waals surface area contributed by atoms with E-state index in [1.165, 1.54) is 5.56 Å². The molecule has 0 radical (unpaired) electrons. The minimum atomic E-state index is 0.689. The first-order chi connectivity index (χ1) is 10.8. The molecule has 0 saturated carbocycles. The maximum atomic E-state index is 6.04. The third-order valence-electron chi connectivity index (χ3n) is 4.01. The van der Waals surface area contributed by atoms with Crippen LogP contribution in [0.15, 0.2) is 53.1 Å². The van der Waals surface area contributed by atoms with E-state index in [1.54, 1.807) is 0 Å². The number of rotatable bonds is 2. The first-order valence-electron chi connectivity index (χ1n) is 7.50. The van der Waals surface area contributed by atoms with E-state index >= 15 is 0 Å². The van der Waals surface area contributed by atoms with Gasteiger partial charge in [-0.1, -0.05) is 19.1 Å². The highest BCUT2D eigenvalue weighted by Gasteiger charge is 2.13. The number of hydrogen-bond donors (Lipinski definition) is 0. The Labute approximate surface area is 128 Å². The third kappa shape index (κ3) is 1.98. The predicted molar refractivity (Wildman–Crippen MR) is 88.9 cm³/mol. The molecule has 0 aliphatic rings. The minimum absolute atomic E-state index is 0.689. The zero-order valence-electron chi connectivity index (χ0n) is 12.6. The summed E-state index contributed by atoms with van der Waals surface area (Å²) in [5.74, 6) is 0. The fourth-order valence-electron chi connectivity index (χ4n) is 2.81. The standard InChI is InChI=1S/C19H16N2O/c1-3-13-9-10-20-17(11-13)16-6-4-5-14-15-8-7-12(2)21-19(15)22-18(14)16/h4-11H,3H2,1-2H3. The number of pyridine rings is 2. The summed E-state index contributed by atoms with van der Waals surface area (Å²) in [7, 11) is 0. The number of fused-ring (bicyclic) bond motifs is 3. The van der Waals surface area contributed by atoms with Gasteiger partial charge in [0.15, 0.2) is 0 Å². The van der Waals surface area contributed by atoms with Crippen molar-refractivity contribution in [1.82, 2.24) is 9.97 Å². The van der Waals surface area contributed by atoms with Gasteiger partial charge in [-0.15, -0.1) is 0 Å². The Morgan fingerprint density at radius 3 is 2.82 bits per heavy atom. The molecule has 3 aromatic heterocycles. The van der Waals surface area contributed by atoms with E-state index < -0.39 is 0 Å². The van der Waals surface area contributed by atoms with E-state index in [0.29, 0.717) is 5.71 Å². The monoisotopic (exact) mass is 288 g/mol. The van der Waals surface area contributed by atoms with Gasteiger partial charge < -0.3 is 4.42 Å². The summed E-state index contributed by atoms with van der Waals surface area (Å²) in [5, 5.41) is 2.14. The van der Waals surface area contributed by atoms with Crippen molar-refractivity contribution in [2.24, 2.45) is 0 Å². The maximum Gasteiger partial charge on any atom is 0.227 e. The SMILES string of the molecule is CCc1ccnc(-c2cccc3c2oc2nc(C)ccc23)c1. The lowest BCUT2D eigenvalue weighted by molar-refractivity contribution is 0.653. The van der Waals surface area contributed by atoms with Gasteiger partial charge in [-0.3, -0.25) is 4.98 Å². The van der Waals surface area contributed by atoms with Crippen molar-refractivity contribution < 1.29 is 4.42 Å². The lowest BCUT2D eigenvalue weighted by Gasteiger charge is -2.03. The van der Waals surface area contributed by atoms with Crippen LogP contribution in [0.3, 0.4) is 0 Å². The molecule has 0 fully saturated rings. The van der Waals surface area contributed by atoms with Gasteiger partial charge in [-0.2, -0.15) is 0 Å². The van der Waals surface area contributed by atoms with Crippen LogP contribution in [0.25, 0.3) is 33.3 Å². The molecule has 3 heterocycles. The molecule has 0 spiro atoms. The van der Waals surface area contributed by atoms with Gasteiger partial charge in [0.1, 0.15) is 5.58 Å². The average molecular weight is 288 g/mol. The second-order valence-electron chi connectivity index (χ2n) is 5.49. The van der Waals surface area contributed by atoms with E-state index in [2.05, 4.69) is 41.2 Å². The number of furan rings is 1. The topological polar surface area (TPSA) is 38.9 Å².